The molecule has 0 aromatic heterocycles. The number of carbonyl (C=O) groups excluding carboxylic acids is 1. The van der Waals surface area contributed by atoms with E-state index in [1.54, 1.807) is 0 Å². The van der Waals surface area contributed by atoms with E-state index < -0.39 is 20.9 Å². The first kappa shape index (κ1) is 21.7. The number of amides is 1. The van der Waals surface area contributed by atoms with E-state index >= 15 is 0 Å². The molecule has 2 aromatic rings. The highest BCUT2D eigenvalue weighted by Gasteiger charge is 2.27. The summed E-state index contributed by atoms with van der Waals surface area (Å²) in [4.78, 5) is 23.1. The van der Waals surface area contributed by atoms with E-state index in [1.807, 2.05) is 0 Å². The number of carbonyl (C=O) groups is 1. The van der Waals surface area contributed by atoms with Gasteiger partial charge < -0.3 is 14.8 Å². The van der Waals surface area contributed by atoms with Crippen molar-refractivity contribution >= 4 is 27.3 Å². The van der Waals surface area contributed by atoms with E-state index in [0.29, 0.717) is 18.8 Å². The summed E-state index contributed by atoms with van der Waals surface area (Å²) in [7, 11) is -2.36. The first-order valence-corrected chi connectivity index (χ1v) is 10.5. The summed E-state index contributed by atoms with van der Waals surface area (Å²) in [6.45, 7) is 2.66. The average Bonchev–Trinajstić information content (AvgIpc) is 2.73. The molecule has 2 aromatic carbocycles. The number of ether oxygens (including phenoxy) is 2. The van der Waals surface area contributed by atoms with Crippen LogP contribution in [0.1, 0.15) is 15.9 Å². The molecule has 1 N–H and O–H groups in total. The van der Waals surface area contributed by atoms with Gasteiger partial charge in [0.05, 0.1) is 35.8 Å². The van der Waals surface area contributed by atoms with Crippen LogP contribution in [0.25, 0.3) is 0 Å². The van der Waals surface area contributed by atoms with Crippen molar-refractivity contribution in [2.45, 2.75) is 11.8 Å². The molecule has 1 saturated heterocycles. The summed E-state index contributed by atoms with van der Waals surface area (Å²) in [5.41, 5.74) is 0.612. The summed E-state index contributed by atoms with van der Waals surface area (Å²) >= 11 is 0. The Hall–Kier alpha value is -3.02. The monoisotopic (exact) mass is 435 g/mol. The Morgan fingerprint density at radius 3 is 2.50 bits per heavy atom. The van der Waals surface area contributed by atoms with Gasteiger partial charge in [0, 0.05) is 30.3 Å². The fraction of sp³-hybridized carbons (Fsp3) is 0.316. The van der Waals surface area contributed by atoms with Gasteiger partial charge in [-0.2, -0.15) is 4.31 Å². The molecule has 0 unspecified atom stereocenters. The van der Waals surface area contributed by atoms with Crippen LogP contribution in [-0.4, -0.2) is 57.0 Å². The number of nitro groups is 1. The molecule has 11 heteroatoms. The van der Waals surface area contributed by atoms with Crippen molar-refractivity contribution in [3.8, 4) is 5.75 Å². The molecule has 3 rings (SSSR count). The van der Waals surface area contributed by atoms with Crippen molar-refractivity contribution < 1.29 is 27.6 Å². The molecule has 1 aliphatic heterocycles. The van der Waals surface area contributed by atoms with Crippen LogP contribution in [0.3, 0.4) is 0 Å². The van der Waals surface area contributed by atoms with E-state index in [1.165, 1.54) is 54.7 Å². The summed E-state index contributed by atoms with van der Waals surface area (Å²) in [6.07, 6.45) is 0. The molecule has 0 radical (unpaired) electrons. The summed E-state index contributed by atoms with van der Waals surface area (Å²) in [5, 5.41) is 13.6. The van der Waals surface area contributed by atoms with Gasteiger partial charge in [0.25, 0.3) is 11.6 Å². The first-order valence-electron chi connectivity index (χ1n) is 9.06. The van der Waals surface area contributed by atoms with Gasteiger partial charge in [-0.1, -0.05) is 0 Å². The molecule has 10 nitrogen and oxygen atoms in total. The molecule has 160 valence electrons. The van der Waals surface area contributed by atoms with Crippen molar-refractivity contribution in [1.29, 1.82) is 0 Å². The number of morpholine rings is 1. The topological polar surface area (TPSA) is 128 Å². The Kier molecular flexibility index (Phi) is 6.34. The zero-order valence-corrected chi connectivity index (χ0v) is 17.3. The third-order valence-electron chi connectivity index (χ3n) is 4.68. The van der Waals surface area contributed by atoms with Crippen molar-refractivity contribution in [2.24, 2.45) is 0 Å². The lowest BCUT2D eigenvalue weighted by molar-refractivity contribution is -0.385. The van der Waals surface area contributed by atoms with Gasteiger partial charge in [0.1, 0.15) is 5.75 Å². The van der Waals surface area contributed by atoms with Crippen molar-refractivity contribution in [3.05, 3.63) is 57.6 Å². The van der Waals surface area contributed by atoms with Gasteiger partial charge in [-0.3, -0.25) is 14.9 Å². The molecule has 30 heavy (non-hydrogen) atoms. The second kappa shape index (κ2) is 8.78. The second-order valence-electron chi connectivity index (χ2n) is 6.59. The van der Waals surface area contributed by atoms with Crippen LogP contribution in [0, 0.1) is 17.0 Å². The Morgan fingerprint density at radius 1 is 1.20 bits per heavy atom. The minimum Gasteiger partial charge on any atom is -0.495 e. The first-order chi connectivity index (χ1) is 14.2. The van der Waals surface area contributed by atoms with Crippen molar-refractivity contribution in [1.82, 2.24) is 4.31 Å². The molecule has 1 heterocycles. The van der Waals surface area contributed by atoms with Crippen LogP contribution in [0.15, 0.2) is 41.3 Å². The molecule has 0 spiro atoms. The number of sulfonamides is 1. The minimum atomic E-state index is -3.76. The summed E-state index contributed by atoms with van der Waals surface area (Å²) in [6, 6.07) is 8.19. The van der Waals surface area contributed by atoms with Crippen LogP contribution < -0.4 is 10.1 Å². The van der Waals surface area contributed by atoms with Crippen molar-refractivity contribution in [2.75, 3.05) is 38.7 Å². The zero-order chi connectivity index (χ0) is 21.9. The number of aryl methyl sites for hydroxylation is 1. The van der Waals surface area contributed by atoms with E-state index in [9.17, 15) is 23.3 Å². The lowest BCUT2D eigenvalue weighted by Gasteiger charge is -2.26. The van der Waals surface area contributed by atoms with Gasteiger partial charge in [0.15, 0.2) is 0 Å². The largest absolute Gasteiger partial charge is 0.495 e. The van der Waals surface area contributed by atoms with Crippen LogP contribution in [0.5, 0.6) is 5.75 Å². The minimum absolute atomic E-state index is 0.0142. The number of nitrogens with one attached hydrogen (secondary N) is 1. The Morgan fingerprint density at radius 2 is 1.90 bits per heavy atom. The Labute approximate surface area is 173 Å². The smallest absolute Gasteiger partial charge is 0.272 e. The standard InChI is InChI=1S/C19H21N3O7S/c1-13-11-14(3-5-17(13)22(24)25)19(23)20-16-12-15(4-6-18(16)28-2)30(26,27)21-7-9-29-10-8-21/h3-6,11-12H,7-10H2,1-2H3,(H,20,23). The van der Waals surface area contributed by atoms with Crippen LogP contribution in [0.4, 0.5) is 11.4 Å². The fourth-order valence-electron chi connectivity index (χ4n) is 3.08. The molecule has 1 aliphatic rings. The number of hydrogen-bond donors (Lipinski definition) is 1. The lowest BCUT2D eigenvalue weighted by atomic mass is 10.1. The predicted molar refractivity (Wildman–Crippen MR) is 108 cm³/mol. The number of nitrogens with zero attached hydrogens (tertiary/aromatic N) is 2. The van der Waals surface area contributed by atoms with E-state index in [2.05, 4.69) is 5.32 Å². The molecule has 1 amide bonds. The van der Waals surface area contributed by atoms with Gasteiger partial charge >= 0.3 is 0 Å². The Balaban J connectivity index is 1.90. The third-order valence-corrected chi connectivity index (χ3v) is 6.58. The number of nitro benzene ring substituents is 1. The maximum atomic E-state index is 12.9. The highest BCUT2D eigenvalue weighted by Crippen LogP contribution is 2.30. The third kappa shape index (κ3) is 4.42. The van der Waals surface area contributed by atoms with Gasteiger partial charge in [0.2, 0.25) is 10.0 Å². The molecule has 1 fully saturated rings. The zero-order valence-electron chi connectivity index (χ0n) is 16.5. The van der Waals surface area contributed by atoms with E-state index in [0.717, 1.165) is 0 Å². The normalized spacial score (nSPS) is 14.9. The second-order valence-corrected chi connectivity index (χ2v) is 8.53. The molecule has 0 saturated carbocycles. The number of benzene rings is 2. The number of anilines is 1. The molecular weight excluding hydrogens is 414 g/mol. The van der Waals surface area contributed by atoms with Crippen LogP contribution >= 0.6 is 0 Å². The number of methoxy groups -OCH3 is 1. The summed E-state index contributed by atoms with van der Waals surface area (Å²) < 4.78 is 37.5. The highest BCUT2D eigenvalue weighted by molar-refractivity contribution is 7.89. The molecule has 0 bridgehead atoms. The van der Waals surface area contributed by atoms with E-state index in [-0.39, 0.29) is 40.7 Å². The number of rotatable bonds is 6. The SMILES string of the molecule is COc1ccc(S(=O)(=O)N2CCOCC2)cc1NC(=O)c1ccc([N+](=O)[O-])c(C)c1. The average molecular weight is 435 g/mol. The Bertz CT molecular complexity index is 1080. The number of hydrogen-bond acceptors (Lipinski definition) is 7. The van der Waals surface area contributed by atoms with Gasteiger partial charge in [-0.15, -0.1) is 0 Å². The maximum Gasteiger partial charge on any atom is 0.272 e. The van der Waals surface area contributed by atoms with Gasteiger partial charge in [-0.05, 0) is 37.3 Å². The van der Waals surface area contributed by atoms with Gasteiger partial charge in [-0.25, -0.2) is 8.42 Å². The quantitative estimate of drug-likeness (QED) is 0.544. The lowest BCUT2D eigenvalue weighted by Crippen LogP contribution is -2.40. The van der Waals surface area contributed by atoms with E-state index in [4.69, 9.17) is 9.47 Å². The molecular formula is C19H21N3O7S. The molecule has 0 aliphatic carbocycles. The molecule has 0 atom stereocenters. The predicted octanol–water partition coefficient (Wildman–Crippen LogP) is 2.19. The van der Waals surface area contributed by atoms with Crippen LogP contribution in [-0.2, 0) is 14.8 Å². The van der Waals surface area contributed by atoms with Crippen LogP contribution in [0.2, 0.25) is 0 Å². The van der Waals surface area contributed by atoms with Crippen molar-refractivity contribution in [3.63, 3.8) is 0 Å². The highest BCUT2D eigenvalue weighted by atomic mass is 32.2. The fourth-order valence-corrected chi connectivity index (χ4v) is 4.51. The summed E-state index contributed by atoms with van der Waals surface area (Å²) in [5.74, 6) is -0.268. The maximum absolute atomic E-state index is 12.9.